The maximum Gasteiger partial charge on any atom is 0.323 e. The molecule has 1 aromatic carbocycles. The van der Waals surface area contributed by atoms with Crippen molar-refractivity contribution in [1.29, 1.82) is 5.41 Å². The van der Waals surface area contributed by atoms with Gasteiger partial charge in [-0.25, -0.2) is 4.79 Å². The van der Waals surface area contributed by atoms with Gasteiger partial charge >= 0.3 is 6.03 Å². The molecule has 0 saturated carbocycles. The molecule has 196 valence electrons. The predicted octanol–water partition coefficient (Wildman–Crippen LogP) is 0.639. The number of benzene rings is 1. The molecule has 4 heterocycles. The van der Waals surface area contributed by atoms with Crippen LogP contribution in [-0.2, 0) is 11.3 Å². The highest BCUT2D eigenvalue weighted by Crippen LogP contribution is 2.28. The maximum absolute atomic E-state index is 13.1. The minimum Gasteiger partial charge on any atom is -0.497 e. The molecular formula is C27H29N7O4. The van der Waals surface area contributed by atoms with E-state index in [2.05, 4.69) is 39.4 Å². The Bertz CT molecular complexity index is 1380. The van der Waals surface area contributed by atoms with Crippen LogP contribution in [0.5, 0.6) is 5.75 Å². The second-order valence-electron chi connectivity index (χ2n) is 9.70. The van der Waals surface area contributed by atoms with Crippen LogP contribution in [0.3, 0.4) is 0 Å². The highest BCUT2D eigenvalue weighted by atomic mass is 16.5. The molecule has 1 unspecified atom stereocenters. The van der Waals surface area contributed by atoms with E-state index in [-0.39, 0.29) is 19.0 Å². The van der Waals surface area contributed by atoms with Gasteiger partial charge in [-0.05, 0) is 43.8 Å². The molecule has 5 rings (SSSR count). The first-order valence-corrected chi connectivity index (χ1v) is 12.4. The summed E-state index contributed by atoms with van der Waals surface area (Å²) in [6.07, 6.45) is 4.14. The molecule has 38 heavy (non-hydrogen) atoms. The van der Waals surface area contributed by atoms with Gasteiger partial charge in [0.25, 0.3) is 11.8 Å². The number of hydrogen-bond acceptors (Lipinski definition) is 7. The number of amides is 4. The lowest BCUT2D eigenvalue weighted by molar-refractivity contribution is -0.122. The fraction of sp³-hybridized carbons (Fsp3) is 0.370. The Hall–Kier alpha value is -4.43. The van der Waals surface area contributed by atoms with Gasteiger partial charge in [0.15, 0.2) is 0 Å². The quantitative estimate of drug-likeness (QED) is 0.236. The van der Waals surface area contributed by atoms with Gasteiger partial charge in [0.2, 0.25) is 5.54 Å². The van der Waals surface area contributed by atoms with E-state index in [9.17, 15) is 14.4 Å². The summed E-state index contributed by atoms with van der Waals surface area (Å²) in [4.78, 5) is 48.2. The van der Waals surface area contributed by atoms with Gasteiger partial charge in [0.1, 0.15) is 11.6 Å². The molecule has 2 saturated heterocycles. The Morgan fingerprint density at radius 2 is 2.00 bits per heavy atom. The number of urea groups is 1. The van der Waals surface area contributed by atoms with Crippen molar-refractivity contribution in [3.63, 3.8) is 0 Å². The zero-order valence-corrected chi connectivity index (χ0v) is 21.3. The van der Waals surface area contributed by atoms with E-state index in [0.29, 0.717) is 28.3 Å². The molecule has 0 bridgehead atoms. The lowest BCUT2D eigenvalue weighted by atomic mass is 9.99. The van der Waals surface area contributed by atoms with Gasteiger partial charge < -0.3 is 24.8 Å². The largest absolute Gasteiger partial charge is 0.497 e. The van der Waals surface area contributed by atoms with E-state index in [0.717, 1.165) is 38.2 Å². The summed E-state index contributed by atoms with van der Waals surface area (Å²) in [6, 6.07) is 6.33. The Kier molecular flexibility index (Phi) is 6.73. The minimum absolute atomic E-state index is 0.127. The summed E-state index contributed by atoms with van der Waals surface area (Å²) in [6.45, 7) is 3.55. The number of hydrogen-bond donors (Lipinski definition) is 3. The molecule has 3 aliphatic heterocycles. The van der Waals surface area contributed by atoms with Gasteiger partial charge in [-0.3, -0.25) is 25.3 Å². The first kappa shape index (κ1) is 25.2. The molecule has 2 fully saturated rings. The predicted molar refractivity (Wildman–Crippen MR) is 139 cm³/mol. The molecule has 11 nitrogen and oxygen atoms in total. The SMILES string of the molecule is COc1ccc2c(c1)C(=O)N(CC1(C#Cc3cncc(C(=N)N4CCCN(C)CC4)c3)NC(=O)NC1=O)C2. The number of nitrogens with zero attached hydrogens (tertiary/aromatic N) is 4. The fourth-order valence-corrected chi connectivity index (χ4v) is 4.88. The molecule has 0 aliphatic carbocycles. The van der Waals surface area contributed by atoms with Crippen LogP contribution in [0.1, 0.15) is 33.5 Å². The van der Waals surface area contributed by atoms with Crippen molar-refractivity contribution in [2.24, 2.45) is 0 Å². The van der Waals surface area contributed by atoms with Crippen molar-refractivity contribution >= 4 is 23.7 Å². The van der Waals surface area contributed by atoms with E-state index < -0.39 is 17.5 Å². The minimum atomic E-state index is -1.63. The number of imide groups is 1. The summed E-state index contributed by atoms with van der Waals surface area (Å²) < 4.78 is 5.23. The van der Waals surface area contributed by atoms with Crippen LogP contribution in [0.15, 0.2) is 36.7 Å². The van der Waals surface area contributed by atoms with Crippen molar-refractivity contribution in [1.82, 2.24) is 30.3 Å². The zero-order valence-electron chi connectivity index (χ0n) is 21.3. The van der Waals surface area contributed by atoms with Crippen molar-refractivity contribution < 1.29 is 19.1 Å². The normalized spacial score (nSPS) is 21.3. The van der Waals surface area contributed by atoms with Crippen LogP contribution in [0, 0.1) is 17.3 Å². The van der Waals surface area contributed by atoms with Crippen molar-refractivity contribution in [2.45, 2.75) is 18.5 Å². The smallest absolute Gasteiger partial charge is 0.323 e. The summed E-state index contributed by atoms with van der Waals surface area (Å²) in [5, 5.41) is 13.6. The average Bonchev–Trinajstić information content (AvgIpc) is 3.26. The summed E-state index contributed by atoms with van der Waals surface area (Å²) in [7, 11) is 3.60. The Morgan fingerprint density at radius 1 is 1.16 bits per heavy atom. The number of nitrogens with one attached hydrogen (secondary N) is 3. The van der Waals surface area contributed by atoms with Gasteiger partial charge in [0, 0.05) is 55.3 Å². The number of carbonyl (C=O) groups excluding carboxylic acids is 3. The molecule has 1 atom stereocenters. The third-order valence-corrected chi connectivity index (χ3v) is 7.03. The maximum atomic E-state index is 13.1. The number of carbonyl (C=O) groups is 3. The monoisotopic (exact) mass is 515 g/mol. The molecule has 3 aliphatic rings. The fourth-order valence-electron chi connectivity index (χ4n) is 4.88. The number of ether oxygens (including phenoxy) is 1. The van der Waals surface area contributed by atoms with Gasteiger partial charge in [-0.1, -0.05) is 17.9 Å². The number of methoxy groups -OCH3 is 1. The highest BCUT2D eigenvalue weighted by molar-refractivity contribution is 6.10. The zero-order chi connectivity index (χ0) is 26.9. The van der Waals surface area contributed by atoms with Gasteiger partial charge in [0.05, 0.1) is 13.7 Å². The second-order valence-corrected chi connectivity index (χ2v) is 9.70. The van der Waals surface area contributed by atoms with Crippen LogP contribution in [0.25, 0.3) is 0 Å². The molecule has 4 amide bonds. The summed E-state index contributed by atoms with van der Waals surface area (Å²) in [5.74, 6) is 5.90. The van der Waals surface area contributed by atoms with Crippen molar-refractivity contribution in [3.05, 3.63) is 58.9 Å². The Morgan fingerprint density at radius 3 is 2.76 bits per heavy atom. The molecule has 3 N–H and O–H groups in total. The van der Waals surface area contributed by atoms with Crippen molar-refractivity contribution in [2.75, 3.05) is 46.9 Å². The number of pyridine rings is 1. The van der Waals surface area contributed by atoms with Crippen LogP contribution < -0.4 is 15.4 Å². The van der Waals surface area contributed by atoms with E-state index in [1.54, 1.807) is 30.6 Å². The third-order valence-electron chi connectivity index (χ3n) is 7.03. The van der Waals surface area contributed by atoms with E-state index >= 15 is 0 Å². The first-order chi connectivity index (χ1) is 18.3. The number of aromatic nitrogens is 1. The topological polar surface area (TPSA) is 131 Å². The first-order valence-electron chi connectivity index (χ1n) is 12.4. The number of fused-ring (bicyclic) bond motifs is 1. The standard InChI is InChI=1S/C27H29N7O4/c1-32-8-3-9-33(11-10-32)23(28)20-12-18(14-29-15-20)6-7-27(25(36)30-26(37)31-27)17-34-16-19-4-5-21(38-2)13-22(19)24(34)35/h4-5,12-15,28H,3,8-11,16-17H2,1-2H3,(H2,30,31,36,37). The molecule has 0 spiro atoms. The number of rotatable bonds is 4. The highest BCUT2D eigenvalue weighted by Gasteiger charge is 2.48. The summed E-state index contributed by atoms with van der Waals surface area (Å²) >= 11 is 0. The van der Waals surface area contributed by atoms with Crippen LogP contribution >= 0.6 is 0 Å². The van der Waals surface area contributed by atoms with Crippen LogP contribution in [0.2, 0.25) is 0 Å². The number of likely N-dealkylation sites (N-methyl/N-ethyl adjacent to an activating group) is 1. The van der Waals surface area contributed by atoms with E-state index in [1.165, 1.54) is 12.0 Å². The van der Waals surface area contributed by atoms with E-state index in [1.807, 2.05) is 11.0 Å². The lowest BCUT2D eigenvalue weighted by Crippen LogP contribution is -2.54. The molecule has 1 aromatic heterocycles. The Balaban J connectivity index is 1.38. The molecule has 11 heteroatoms. The van der Waals surface area contributed by atoms with Crippen LogP contribution in [0.4, 0.5) is 4.79 Å². The lowest BCUT2D eigenvalue weighted by Gasteiger charge is -2.26. The molecule has 2 aromatic rings. The van der Waals surface area contributed by atoms with E-state index in [4.69, 9.17) is 10.1 Å². The molecule has 0 radical (unpaired) electrons. The Labute approximate surface area is 220 Å². The average molecular weight is 516 g/mol. The van der Waals surface area contributed by atoms with Gasteiger partial charge in [-0.2, -0.15) is 0 Å². The summed E-state index contributed by atoms with van der Waals surface area (Å²) in [5.41, 5.74) is 0.784. The van der Waals surface area contributed by atoms with Crippen LogP contribution in [-0.4, -0.2) is 95.8 Å². The molecular weight excluding hydrogens is 486 g/mol. The van der Waals surface area contributed by atoms with Crippen molar-refractivity contribution in [3.8, 4) is 17.6 Å². The van der Waals surface area contributed by atoms with Gasteiger partial charge in [-0.15, -0.1) is 0 Å². The number of amidine groups is 1. The second kappa shape index (κ2) is 10.1. The third kappa shape index (κ3) is 4.90.